The van der Waals surface area contributed by atoms with Crippen LogP contribution in [0.2, 0.25) is 0 Å². The third kappa shape index (κ3) is 6.63. The molecule has 21 heavy (non-hydrogen) atoms. The first-order valence-corrected chi connectivity index (χ1v) is 7.91. The SMILES string of the molecule is O=C(NCCCOCc1ccccc1)OC1CCCCC1. The van der Waals surface area contributed by atoms with E-state index in [0.717, 1.165) is 19.3 Å². The smallest absolute Gasteiger partial charge is 0.407 e. The molecule has 2 rings (SSSR count). The lowest BCUT2D eigenvalue weighted by Gasteiger charge is -2.21. The van der Waals surface area contributed by atoms with Crippen LogP contribution in [0.3, 0.4) is 0 Å². The van der Waals surface area contributed by atoms with Gasteiger partial charge in [-0.25, -0.2) is 4.79 Å². The minimum Gasteiger partial charge on any atom is -0.446 e. The normalized spacial score (nSPS) is 15.6. The van der Waals surface area contributed by atoms with E-state index in [1.165, 1.54) is 24.8 Å². The van der Waals surface area contributed by atoms with Crippen molar-refractivity contribution < 1.29 is 14.3 Å². The molecule has 1 saturated carbocycles. The van der Waals surface area contributed by atoms with Crippen molar-refractivity contribution in [2.24, 2.45) is 0 Å². The first kappa shape index (κ1) is 15.8. The lowest BCUT2D eigenvalue weighted by Crippen LogP contribution is -2.31. The molecule has 0 atom stereocenters. The molecule has 1 aliphatic rings. The van der Waals surface area contributed by atoms with E-state index in [4.69, 9.17) is 9.47 Å². The molecule has 0 bridgehead atoms. The average Bonchev–Trinajstić information content (AvgIpc) is 2.53. The molecule has 0 aliphatic heterocycles. The maximum atomic E-state index is 11.6. The highest BCUT2D eigenvalue weighted by Crippen LogP contribution is 2.20. The molecule has 0 saturated heterocycles. The van der Waals surface area contributed by atoms with E-state index in [9.17, 15) is 4.79 Å². The summed E-state index contributed by atoms with van der Waals surface area (Å²) < 4.78 is 10.9. The molecule has 0 radical (unpaired) electrons. The number of carbonyl (C=O) groups is 1. The Hall–Kier alpha value is -1.55. The number of nitrogens with one attached hydrogen (secondary N) is 1. The average molecular weight is 291 g/mol. The lowest BCUT2D eigenvalue weighted by molar-refractivity contribution is 0.0738. The summed E-state index contributed by atoms with van der Waals surface area (Å²) in [4.78, 5) is 11.6. The number of rotatable bonds is 7. The second-order valence-electron chi connectivity index (χ2n) is 5.48. The molecule has 1 N–H and O–H groups in total. The number of carbonyl (C=O) groups excluding carboxylic acids is 1. The van der Waals surface area contributed by atoms with Crippen LogP contribution in [-0.2, 0) is 16.1 Å². The maximum Gasteiger partial charge on any atom is 0.407 e. The van der Waals surface area contributed by atoms with Gasteiger partial charge in [0.15, 0.2) is 0 Å². The van der Waals surface area contributed by atoms with E-state index in [2.05, 4.69) is 5.32 Å². The summed E-state index contributed by atoms with van der Waals surface area (Å²) in [5.41, 5.74) is 1.17. The van der Waals surface area contributed by atoms with Crippen molar-refractivity contribution >= 4 is 6.09 Å². The Kier molecular flexibility index (Phi) is 7.08. The third-order valence-electron chi connectivity index (χ3n) is 3.67. The monoisotopic (exact) mass is 291 g/mol. The third-order valence-corrected chi connectivity index (χ3v) is 3.67. The Labute approximate surface area is 126 Å². The summed E-state index contributed by atoms with van der Waals surface area (Å²) in [6.45, 7) is 1.85. The summed E-state index contributed by atoms with van der Waals surface area (Å²) in [7, 11) is 0. The minimum atomic E-state index is -0.287. The van der Waals surface area contributed by atoms with Gasteiger partial charge in [0, 0.05) is 13.2 Å². The fraction of sp³-hybridized carbons (Fsp3) is 0.588. The number of alkyl carbamates (subject to hydrolysis) is 1. The Morgan fingerprint density at radius 3 is 2.67 bits per heavy atom. The zero-order chi connectivity index (χ0) is 14.8. The lowest BCUT2D eigenvalue weighted by atomic mass is 9.98. The number of hydrogen-bond acceptors (Lipinski definition) is 3. The Bertz CT molecular complexity index is 402. The van der Waals surface area contributed by atoms with Gasteiger partial charge in [-0.05, 0) is 37.7 Å². The Morgan fingerprint density at radius 1 is 1.14 bits per heavy atom. The first-order chi connectivity index (χ1) is 10.3. The van der Waals surface area contributed by atoms with E-state index in [1.807, 2.05) is 30.3 Å². The predicted molar refractivity (Wildman–Crippen MR) is 82.1 cm³/mol. The van der Waals surface area contributed by atoms with Gasteiger partial charge in [0.1, 0.15) is 6.10 Å². The van der Waals surface area contributed by atoms with E-state index < -0.39 is 0 Å². The second kappa shape index (κ2) is 9.40. The first-order valence-electron chi connectivity index (χ1n) is 7.91. The Balaban J connectivity index is 1.46. The van der Waals surface area contributed by atoms with Crippen LogP contribution in [-0.4, -0.2) is 25.3 Å². The van der Waals surface area contributed by atoms with Gasteiger partial charge in [-0.1, -0.05) is 36.8 Å². The summed E-state index contributed by atoms with van der Waals surface area (Å²) in [6.07, 6.45) is 6.25. The molecule has 4 nitrogen and oxygen atoms in total. The highest BCUT2D eigenvalue weighted by atomic mass is 16.6. The largest absolute Gasteiger partial charge is 0.446 e. The summed E-state index contributed by atoms with van der Waals surface area (Å²) in [5, 5.41) is 2.79. The van der Waals surface area contributed by atoms with Crippen molar-refractivity contribution in [3.8, 4) is 0 Å². The fourth-order valence-electron chi connectivity index (χ4n) is 2.50. The topological polar surface area (TPSA) is 47.6 Å². The van der Waals surface area contributed by atoms with E-state index in [0.29, 0.717) is 19.8 Å². The van der Waals surface area contributed by atoms with Crippen LogP contribution in [0.15, 0.2) is 30.3 Å². The zero-order valence-corrected chi connectivity index (χ0v) is 12.6. The van der Waals surface area contributed by atoms with Gasteiger partial charge in [0.05, 0.1) is 6.61 Å². The molecule has 0 aromatic heterocycles. The molecule has 0 spiro atoms. The van der Waals surface area contributed by atoms with Gasteiger partial charge < -0.3 is 14.8 Å². The quantitative estimate of drug-likeness (QED) is 0.780. The molecule has 1 amide bonds. The van der Waals surface area contributed by atoms with Gasteiger partial charge in [-0.15, -0.1) is 0 Å². The maximum absolute atomic E-state index is 11.6. The van der Waals surface area contributed by atoms with Crippen molar-refractivity contribution in [2.45, 2.75) is 51.2 Å². The van der Waals surface area contributed by atoms with Crippen molar-refractivity contribution in [1.29, 1.82) is 0 Å². The van der Waals surface area contributed by atoms with Crippen LogP contribution in [0.5, 0.6) is 0 Å². The van der Waals surface area contributed by atoms with E-state index >= 15 is 0 Å². The van der Waals surface area contributed by atoms with Gasteiger partial charge in [0.25, 0.3) is 0 Å². The van der Waals surface area contributed by atoms with E-state index in [-0.39, 0.29) is 12.2 Å². The molecular formula is C17H25NO3. The zero-order valence-electron chi connectivity index (χ0n) is 12.6. The molecule has 0 unspecified atom stereocenters. The molecule has 1 aromatic carbocycles. The highest BCUT2D eigenvalue weighted by Gasteiger charge is 2.16. The number of ether oxygens (including phenoxy) is 2. The van der Waals surface area contributed by atoms with Crippen molar-refractivity contribution in [2.75, 3.05) is 13.2 Å². The summed E-state index contributed by atoms with van der Waals surface area (Å²) >= 11 is 0. The van der Waals surface area contributed by atoms with Crippen LogP contribution in [0.25, 0.3) is 0 Å². The van der Waals surface area contributed by atoms with Crippen LogP contribution >= 0.6 is 0 Å². The van der Waals surface area contributed by atoms with Crippen molar-refractivity contribution in [3.63, 3.8) is 0 Å². The van der Waals surface area contributed by atoms with Crippen LogP contribution in [0, 0.1) is 0 Å². The fourth-order valence-corrected chi connectivity index (χ4v) is 2.50. The predicted octanol–water partition coefficient (Wildman–Crippen LogP) is 3.65. The number of amides is 1. The van der Waals surface area contributed by atoms with Gasteiger partial charge in [0.2, 0.25) is 0 Å². The Morgan fingerprint density at radius 2 is 1.90 bits per heavy atom. The van der Waals surface area contributed by atoms with Crippen LogP contribution in [0.1, 0.15) is 44.1 Å². The van der Waals surface area contributed by atoms with Gasteiger partial charge in [-0.3, -0.25) is 0 Å². The molecule has 116 valence electrons. The van der Waals surface area contributed by atoms with Gasteiger partial charge in [-0.2, -0.15) is 0 Å². The standard InChI is InChI=1S/C17H25NO3/c19-17(21-16-10-5-2-6-11-16)18-12-7-13-20-14-15-8-3-1-4-9-15/h1,3-4,8-9,16H,2,5-7,10-14H2,(H,18,19). The van der Waals surface area contributed by atoms with Crippen LogP contribution < -0.4 is 5.32 Å². The second-order valence-corrected chi connectivity index (χ2v) is 5.48. The number of benzene rings is 1. The van der Waals surface area contributed by atoms with E-state index in [1.54, 1.807) is 0 Å². The number of hydrogen-bond donors (Lipinski definition) is 1. The van der Waals surface area contributed by atoms with Crippen molar-refractivity contribution in [3.05, 3.63) is 35.9 Å². The van der Waals surface area contributed by atoms with Crippen molar-refractivity contribution in [1.82, 2.24) is 5.32 Å². The highest BCUT2D eigenvalue weighted by molar-refractivity contribution is 5.67. The molecular weight excluding hydrogens is 266 g/mol. The molecule has 0 heterocycles. The minimum absolute atomic E-state index is 0.119. The molecule has 4 heteroatoms. The van der Waals surface area contributed by atoms with Gasteiger partial charge >= 0.3 is 6.09 Å². The summed E-state index contributed by atoms with van der Waals surface area (Å²) in [5.74, 6) is 0. The van der Waals surface area contributed by atoms with Crippen LogP contribution in [0.4, 0.5) is 4.79 Å². The summed E-state index contributed by atoms with van der Waals surface area (Å²) in [6, 6.07) is 10.1. The molecule has 1 aliphatic carbocycles. The molecule has 1 aromatic rings. The molecule has 1 fully saturated rings.